The Bertz CT molecular complexity index is 351. The minimum absolute atomic E-state index is 0.149. The molecule has 17 heavy (non-hydrogen) atoms. The normalized spacial score (nSPS) is 12.9. The van der Waals surface area contributed by atoms with Gasteiger partial charge in [0, 0.05) is 0 Å². The molecule has 0 spiro atoms. The highest BCUT2D eigenvalue weighted by Gasteiger charge is 2.24. The lowest BCUT2D eigenvalue weighted by atomic mass is 9.82. The predicted molar refractivity (Wildman–Crippen MR) is 73.9 cm³/mol. The minimum atomic E-state index is -0.149. The highest BCUT2D eigenvalue weighted by Crippen LogP contribution is 2.28. The van der Waals surface area contributed by atoms with Gasteiger partial charge in [-0.1, -0.05) is 25.7 Å². The molecule has 0 aliphatic heterocycles. The zero-order valence-corrected chi connectivity index (χ0v) is 11.5. The summed E-state index contributed by atoms with van der Waals surface area (Å²) in [6, 6.07) is 0. The van der Waals surface area contributed by atoms with Gasteiger partial charge in [-0.25, -0.2) is 0 Å². The van der Waals surface area contributed by atoms with Crippen LogP contribution in [0.2, 0.25) is 0 Å². The van der Waals surface area contributed by atoms with Crippen molar-refractivity contribution in [2.75, 3.05) is 0 Å². The van der Waals surface area contributed by atoms with Crippen LogP contribution in [0.25, 0.3) is 5.53 Å². The van der Waals surface area contributed by atoms with Gasteiger partial charge in [0.05, 0.1) is 5.41 Å². The van der Waals surface area contributed by atoms with Crippen molar-refractivity contribution >= 4 is 6.21 Å². The second kappa shape index (κ2) is 7.84. The van der Waals surface area contributed by atoms with Gasteiger partial charge in [0.2, 0.25) is 0 Å². The summed E-state index contributed by atoms with van der Waals surface area (Å²) in [4.78, 5) is 3.13. The van der Waals surface area contributed by atoms with Gasteiger partial charge in [-0.05, 0) is 51.5 Å². The van der Waals surface area contributed by atoms with E-state index in [0.717, 1.165) is 19.3 Å². The molecular weight excluding hydrogens is 208 g/mol. The van der Waals surface area contributed by atoms with Gasteiger partial charge in [-0.15, -0.1) is 5.73 Å². The smallest absolute Gasteiger partial charge is 0.263 e. The second-order valence-electron chi connectivity index (χ2n) is 5.16. The molecule has 0 aromatic rings. The summed E-state index contributed by atoms with van der Waals surface area (Å²) >= 11 is 0. The standard InChI is InChI=1S/C15H24N2/c1-6-8-9-10-13(3)14(7-2)11-15(4,5)12-17-16/h6,8,12-13H,2,9-11H2,1,3-5H3/b8-6+/t13-/m1/s1. The Morgan fingerprint density at radius 3 is 2.65 bits per heavy atom. The third kappa shape index (κ3) is 6.73. The van der Waals surface area contributed by atoms with E-state index in [4.69, 9.17) is 5.53 Å². The van der Waals surface area contributed by atoms with E-state index in [0.29, 0.717) is 5.92 Å². The molecule has 2 heteroatoms. The summed E-state index contributed by atoms with van der Waals surface area (Å²) in [6.45, 7) is 12.1. The lowest BCUT2D eigenvalue weighted by Crippen LogP contribution is -2.17. The molecule has 0 N–H and O–H groups in total. The highest BCUT2D eigenvalue weighted by molar-refractivity contribution is 5.59. The fourth-order valence-electron chi connectivity index (χ4n) is 1.79. The Morgan fingerprint density at radius 1 is 1.53 bits per heavy atom. The number of hydrogen-bond acceptors (Lipinski definition) is 0. The van der Waals surface area contributed by atoms with Gasteiger partial charge in [0.25, 0.3) is 6.21 Å². The zero-order chi connectivity index (χ0) is 13.3. The van der Waals surface area contributed by atoms with E-state index in [9.17, 15) is 0 Å². The van der Waals surface area contributed by atoms with Gasteiger partial charge in [-0.2, -0.15) is 4.79 Å². The third-order valence-corrected chi connectivity index (χ3v) is 2.88. The molecule has 0 heterocycles. The molecule has 0 aromatic carbocycles. The summed E-state index contributed by atoms with van der Waals surface area (Å²) in [5, 5.41) is 0. The summed E-state index contributed by atoms with van der Waals surface area (Å²) in [5.74, 6) is 0.468. The predicted octanol–water partition coefficient (Wildman–Crippen LogP) is 4.41. The van der Waals surface area contributed by atoms with Gasteiger partial charge in [0.1, 0.15) is 0 Å². The number of nitrogens with zero attached hydrogens (tertiary/aromatic N) is 2. The van der Waals surface area contributed by atoms with Crippen LogP contribution < -0.4 is 0 Å². The second-order valence-corrected chi connectivity index (χ2v) is 5.16. The van der Waals surface area contributed by atoms with Crippen molar-refractivity contribution in [3.8, 4) is 0 Å². The maximum atomic E-state index is 8.61. The SMILES string of the molecule is C=C=C(CC(C)(C)C=[N+]=[N-])[C@H](C)CC/C=C/C. The van der Waals surface area contributed by atoms with E-state index < -0.39 is 0 Å². The first kappa shape index (κ1) is 15.6. The Labute approximate surface area is 105 Å². The Hall–Kier alpha value is -1.36. The van der Waals surface area contributed by atoms with Crippen molar-refractivity contribution in [2.24, 2.45) is 11.3 Å². The Kier molecular flexibility index (Phi) is 7.21. The molecule has 94 valence electrons. The summed E-state index contributed by atoms with van der Waals surface area (Å²) in [5.41, 5.74) is 12.7. The van der Waals surface area contributed by atoms with Crippen molar-refractivity contribution < 1.29 is 4.79 Å². The average Bonchev–Trinajstić information content (AvgIpc) is 2.26. The van der Waals surface area contributed by atoms with Crippen LogP contribution in [0.5, 0.6) is 0 Å². The van der Waals surface area contributed by atoms with E-state index >= 15 is 0 Å². The summed E-state index contributed by atoms with van der Waals surface area (Å²) < 4.78 is 0. The molecule has 0 amide bonds. The largest absolute Gasteiger partial charge is 0.362 e. The van der Waals surface area contributed by atoms with Crippen LogP contribution in [0.15, 0.2) is 30.0 Å². The number of hydrogen-bond donors (Lipinski definition) is 0. The number of rotatable bonds is 7. The molecule has 1 atom stereocenters. The van der Waals surface area contributed by atoms with Crippen LogP contribution in [0, 0.1) is 11.3 Å². The first-order chi connectivity index (χ1) is 7.96. The van der Waals surface area contributed by atoms with Gasteiger partial charge < -0.3 is 5.53 Å². The van der Waals surface area contributed by atoms with E-state index in [2.05, 4.69) is 36.2 Å². The number of allylic oxidation sites excluding steroid dienone is 3. The van der Waals surface area contributed by atoms with Crippen LogP contribution >= 0.6 is 0 Å². The van der Waals surface area contributed by atoms with E-state index in [1.54, 1.807) is 6.21 Å². The molecule has 0 aliphatic carbocycles. The molecule has 0 saturated carbocycles. The third-order valence-electron chi connectivity index (χ3n) is 2.88. The monoisotopic (exact) mass is 232 g/mol. The molecule has 0 unspecified atom stereocenters. The summed E-state index contributed by atoms with van der Waals surface area (Å²) in [7, 11) is 0. The molecule has 0 radical (unpaired) electrons. The molecule has 0 rings (SSSR count). The van der Waals surface area contributed by atoms with Gasteiger partial charge in [0.15, 0.2) is 0 Å². The first-order valence-corrected chi connectivity index (χ1v) is 6.15. The maximum absolute atomic E-state index is 8.61. The lowest BCUT2D eigenvalue weighted by molar-refractivity contribution is -0.00799. The minimum Gasteiger partial charge on any atom is -0.362 e. The topological polar surface area (TPSA) is 36.4 Å². The fraction of sp³-hybridized carbons (Fsp3) is 0.600. The van der Waals surface area contributed by atoms with Crippen LogP contribution in [-0.4, -0.2) is 11.0 Å². The molecule has 0 aromatic heterocycles. The van der Waals surface area contributed by atoms with Gasteiger partial charge >= 0.3 is 0 Å². The summed E-state index contributed by atoms with van der Waals surface area (Å²) in [6.07, 6.45) is 8.84. The van der Waals surface area contributed by atoms with E-state index in [1.165, 1.54) is 5.57 Å². The van der Waals surface area contributed by atoms with Crippen LogP contribution in [0.4, 0.5) is 0 Å². The zero-order valence-electron chi connectivity index (χ0n) is 11.5. The van der Waals surface area contributed by atoms with E-state index in [1.807, 2.05) is 20.8 Å². The van der Waals surface area contributed by atoms with Crippen LogP contribution in [0.1, 0.15) is 47.0 Å². The quantitative estimate of drug-likeness (QED) is 0.205. The van der Waals surface area contributed by atoms with Crippen molar-refractivity contribution in [2.45, 2.75) is 47.0 Å². The van der Waals surface area contributed by atoms with Crippen LogP contribution in [-0.2, 0) is 0 Å². The van der Waals surface area contributed by atoms with Crippen LogP contribution in [0.3, 0.4) is 0 Å². The molecule has 0 bridgehead atoms. The van der Waals surface area contributed by atoms with Crippen molar-refractivity contribution in [1.82, 2.24) is 0 Å². The molecular formula is C15H24N2. The van der Waals surface area contributed by atoms with Crippen molar-refractivity contribution in [3.05, 3.63) is 35.6 Å². The average molecular weight is 232 g/mol. The molecule has 0 aliphatic rings. The molecule has 0 saturated heterocycles. The Morgan fingerprint density at radius 2 is 2.18 bits per heavy atom. The fourth-order valence-corrected chi connectivity index (χ4v) is 1.79. The lowest BCUT2D eigenvalue weighted by Gasteiger charge is -2.20. The van der Waals surface area contributed by atoms with Crippen molar-refractivity contribution in [1.29, 1.82) is 0 Å². The molecule has 0 fully saturated rings. The maximum Gasteiger partial charge on any atom is 0.263 e. The Balaban J connectivity index is 4.54. The van der Waals surface area contributed by atoms with Gasteiger partial charge in [-0.3, -0.25) is 0 Å². The van der Waals surface area contributed by atoms with Crippen molar-refractivity contribution in [3.63, 3.8) is 0 Å². The molecule has 2 nitrogen and oxygen atoms in total. The first-order valence-electron chi connectivity index (χ1n) is 6.15. The van der Waals surface area contributed by atoms with E-state index in [-0.39, 0.29) is 5.41 Å². The highest BCUT2D eigenvalue weighted by atomic mass is 14.8.